The highest BCUT2D eigenvalue weighted by atomic mass is 15.0. The highest BCUT2D eigenvalue weighted by Gasteiger charge is 2.53. The van der Waals surface area contributed by atoms with Crippen molar-refractivity contribution >= 4 is 32.6 Å². The van der Waals surface area contributed by atoms with E-state index in [2.05, 4.69) is 150 Å². The first-order valence-corrected chi connectivity index (χ1v) is 26.0. The minimum atomic E-state index is 0.323. The molecule has 2 heterocycles. The molecule has 8 aliphatic rings. The second-order valence-electron chi connectivity index (χ2n) is 22.8. The number of hydrogen-bond acceptors (Lipinski definition) is 4. The van der Waals surface area contributed by atoms with Crippen molar-refractivity contribution in [2.45, 2.75) is 87.9 Å². The van der Waals surface area contributed by atoms with Crippen molar-refractivity contribution < 1.29 is 0 Å². The van der Waals surface area contributed by atoms with Crippen LogP contribution in [0.1, 0.15) is 93.7 Å². The van der Waals surface area contributed by atoms with Gasteiger partial charge in [-0.3, -0.25) is 0 Å². The molecule has 0 radical (unpaired) electrons. The Morgan fingerprint density at radius 3 is 1.57 bits per heavy atom. The summed E-state index contributed by atoms with van der Waals surface area (Å²) in [5.74, 6) is 7.43. The number of aromatic nitrogens is 4. The van der Waals surface area contributed by atoms with Gasteiger partial charge < -0.3 is 4.57 Å². The van der Waals surface area contributed by atoms with Crippen LogP contribution >= 0.6 is 0 Å². The number of fused-ring (bicyclic) bond motifs is 4. The van der Waals surface area contributed by atoms with E-state index < -0.39 is 0 Å². The maximum Gasteiger partial charge on any atom is 0.164 e. The first-order valence-electron chi connectivity index (χ1n) is 26.0. The van der Waals surface area contributed by atoms with Crippen molar-refractivity contribution in [3.63, 3.8) is 0 Å². The van der Waals surface area contributed by atoms with Gasteiger partial charge in [0.1, 0.15) is 0 Å². The summed E-state index contributed by atoms with van der Waals surface area (Å²) >= 11 is 0. The maximum absolute atomic E-state index is 9.74. The molecule has 0 spiro atoms. The number of nitrogens with zero attached hydrogens (tertiary/aromatic N) is 5. The zero-order chi connectivity index (χ0) is 45.4. The summed E-state index contributed by atoms with van der Waals surface area (Å²) in [5.41, 5.74) is 13.0. The maximum atomic E-state index is 9.74. The van der Waals surface area contributed by atoms with E-state index in [4.69, 9.17) is 15.0 Å². The van der Waals surface area contributed by atoms with Crippen molar-refractivity contribution in [3.8, 4) is 57.0 Å². The van der Waals surface area contributed by atoms with Crippen molar-refractivity contribution in [1.82, 2.24) is 19.5 Å². The molecule has 69 heavy (non-hydrogen) atoms. The lowest BCUT2D eigenvalue weighted by Crippen LogP contribution is -2.48. The van der Waals surface area contributed by atoms with E-state index in [1.165, 1.54) is 105 Å². The molecule has 5 heteroatoms. The fourth-order valence-electron chi connectivity index (χ4n) is 16.6. The third-order valence-corrected chi connectivity index (χ3v) is 18.6. The predicted octanol–water partition coefficient (Wildman–Crippen LogP) is 15.6. The number of para-hydroxylation sites is 1. The Kier molecular flexibility index (Phi) is 8.73. The molecule has 0 unspecified atom stereocenters. The van der Waals surface area contributed by atoms with Gasteiger partial charge in [-0.15, -0.1) is 0 Å². The summed E-state index contributed by atoms with van der Waals surface area (Å²) in [6.45, 7) is 0. The zero-order valence-corrected chi connectivity index (χ0v) is 39.1. The smallest absolute Gasteiger partial charge is 0.164 e. The van der Waals surface area contributed by atoms with Gasteiger partial charge in [0.2, 0.25) is 0 Å². The number of rotatable bonds is 7. The first kappa shape index (κ1) is 40.0. The molecule has 9 aromatic rings. The lowest BCUT2D eigenvalue weighted by Gasteiger charge is -2.57. The normalized spacial score (nSPS) is 27.4. The topological polar surface area (TPSA) is 67.4 Å². The fourth-order valence-corrected chi connectivity index (χ4v) is 16.6. The Hall–Kier alpha value is -6.90. The molecule has 0 saturated heterocycles. The van der Waals surface area contributed by atoms with Gasteiger partial charge in [0.25, 0.3) is 0 Å². The Bertz CT molecular complexity index is 3520. The molecule has 8 bridgehead atoms. The Labute approximate surface area is 404 Å². The molecule has 0 N–H and O–H groups in total. The Balaban J connectivity index is 0.831. The number of hydrogen-bond donors (Lipinski definition) is 0. The molecule has 2 aromatic heterocycles. The van der Waals surface area contributed by atoms with E-state index in [1.54, 1.807) is 5.56 Å². The summed E-state index contributed by atoms with van der Waals surface area (Å²) in [4.78, 5) is 15.9. The van der Waals surface area contributed by atoms with Crippen LogP contribution in [0.3, 0.4) is 0 Å². The summed E-state index contributed by atoms with van der Waals surface area (Å²) in [6, 6.07) is 57.8. The van der Waals surface area contributed by atoms with Crippen LogP contribution in [0.15, 0.2) is 152 Å². The van der Waals surface area contributed by atoms with Gasteiger partial charge in [-0.25, -0.2) is 15.0 Å². The van der Waals surface area contributed by atoms with E-state index in [0.29, 0.717) is 33.9 Å². The van der Waals surface area contributed by atoms with Crippen molar-refractivity contribution in [3.05, 3.63) is 168 Å². The minimum Gasteiger partial charge on any atom is -0.309 e. The standard InChI is InChI=1S/C64H55N5/c65-38-39-12-23-59-56(30-39)55-10-3-4-11-58(55)69(59)51-19-15-47(16-20-51)61-66-60(46-13-17-50(18-14-46)63-32-40-24-41(33-63)26-42(25-40)34-63)67-62(68-61)49-7-5-6-48(31-49)52-21-22-57(54-9-2-1-8-53(52)54)64-35-43-27-44(36-64)29-45(28-43)37-64/h1-23,30-31,40-45H,24-29,32-37H2/t40-,41+,42-,43-,44+,45-,63?,64?. The quantitative estimate of drug-likeness (QED) is 0.160. The molecule has 7 aromatic carbocycles. The summed E-state index contributed by atoms with van der Waals surface area (Å²) in [6.07, 6.45) is 16.8. The summed E-state index contributed by atoms with van der Waals surface area (Å²) in [7, 11) is 0. The van der Waals surface area contributed by atoms with Gasteiger partial charge in [0, 0.05) is 33.2 Å². The molecular weight excluding hydrogens is 839 g/mol. The largest absolute Gasteiger partial charge is 0.309 e. The van der Waals surface area contributed by atoms with Crippen LogP contribution in [0.4, 0.5) is 0 Å². The lowest BCUT2D eigenvalue weighted by molar-refractivity contribution is -0.00520. The Morgan fingerprint density at radius 2 is 0.942 bits per heavy atom. The van der Waals surface area contributed by atoms with E-state index in [1.807, 2.05) is 12.1 Å². The lowest BCUT2D eigenvalue weighted by atomic mass is 9.47. The van der Waals surface area contributed by atoms with Crippen LogP contribution in [-0.2, 0) is 10.8 Å². The number of benzene rings is 7. The SMILES string of the molecule is N#Cc1ccc2c(c1)c1ccccc1n2-c1ccc(-c2nc(-c3ccc(C45C[C@H]6C[C@@H](C4)C[C@@H](C5)C6)cc3)nc(-c3cccc(-c4ccc(C56C[C@H]7C[C@@H](C5)C[C@@H](C6)C7)c5ccccc45)c3)n2)cc1. The van der Waals surface area contributed by atoms with Gasteiger partial charge in [-0.05, 0) is 211 Å². The van der Waals surface area contributed by atoms with Crippen LogP contribution in [0.2, 0.25) is 0 Å². The average molecular weight is 894 g/mol. The average Bonchev–Trinajstić information content (AvgIpc) is 3.71. The van der Waals surface area contributed by atoms with E-state index >= 15 is 0 Å². The fraction of sp³-hybridized carbons (Fsp3) is 0.312. The van der Waals surface area contributed by atoms with E-state index in [0.717, 1.165) is 79.7 Å². The Morgan fingerprint density at radius 1 is 0.420 bits per heavy atom. The minimum absolute atomic E-state index is 0.323. The first-order chi connectivity index (χ1) is 33.9. The molecule has 17 rings (SSSR count). The van der Waals surface area contributed by atoms with E-state index in [9.17, 15) is 5.26 Å². The van der Waals surface area contributed by atoms with Crippen LogP contribution in [0.25, 0.3) is 83.6 Å². The second kappa shape index (κ2) is 15.0. The third-order valence-electron chi connectivity index (χ3n) is 18.6. The summed E-state index contributed by atoms with van der Waals surface area (Å²) in [5, 5.41) is 14.7. The molecule has 0 aliphatic heterocycles. The summed E-state index contributed by atoms with van der Waals surface area (Å²) < 4.78 is 2.29. The third kappa shape index (κ3) is 6.37. The second-order valence-corrected chi connectivity index (χ2v) is 22.8. The van der Waals surface area contributed by atoms with Crippen LogP contribution in [0, 0.1) is 46.8 Å². The van der Waals surface area contributed by atoms with Crippen LogP contribution < -0.4 is 0 Å². The number of nitriles is 1. The van der Waals surface area contributed by atoms with Crippen LogP contribution in [0.5, 0.6) is 0 Å². The molecular formula is C64H55N5. The molecule has 0 amide bonds. The van der Waals surface area contributed by atoms with Gasteiger partial charge in [0.15, 0.2) is 17.5 Å². The zero-order valence-electron chi connectivity index (χ0n) is 39.1. The molecule has 8 aliphatic carbocycles. The monoisotopic (exact) mass is 893 g/mol. The van der Waals surface area contributed by atoms with Crippen LogP contribution in [-0.4, -0.2) is 19.5 Å². The highest BCUT2D eigenvalue weighted by molar-refractivity contribution is 6.09. The molecule has 8 fully saturated rings. The van der Waals surface area contributed by atoms with E-state index in [-0.39, 0.29) is 0 Å². The van der Waals surface area contributed by atoms with Gasteiger partial charge >= 0.3 is 0 Å². The van der Waals surface area contributed by atoms with Gasteiger partial charge in [-0.2, -0.15) is 5.26 Å². The molecule has 5 nitrogen and oxygen atoms in total. The highest BCUT2D eigenvalue weighted by Crippen LogP contribution is 2.63. The molecule has 0 atom stereocenters. The van der Waals surface area contributed by atoms with Crippen molar-refractivity contribution in [1.29, 1.82) is 5.26 Å². The van der Waals surface area contributed by atoms with Gasteiger partial charge in [0.05, 0.1) is 22.7 Å². The van der Waals surface area contributed by atoms with Gasteiger partial charge in [-0.1, -0.05) is 97.1 Å². The molecule has 336 valence electrons. The predicted molar refractivity (Wildman–Crippen MR) is 278 cm³/mol. The van der Waals surface area contributed by atoms with Crippen molar-refractivity contribution in [2.75, 3.05) is 0 Å². The molecule has 8 saturated carbocycles. The van der Waals surface area contributed by atoms with Crippen molar-refractivity contribution in [2.24, 2.45) is 35.5 Å².